The maximum atomic E-state index is 13.3. The van der Waals surface area contributed by atoms with E-state index >= 15 is 0 Å². The molecule has 1 aliphatic rings. The van der Waals surface area contributed by atoms with Crippen LogP contribution in [0.5, 0.6) is 11.5 Å². The number of ether oxygens (including phenoxy) is 2. The Kier molecular flexibility index (Phi) is 9.05. The van der Waals surface area contributed by atoms with Gasteiger partial charge in [0.25, 0.3) is 10.0 Å². The number of sulfonamides is 1. The number of nitrogens with one attached hydrogen (secondary N) is 2. The number of pyridine rings is 1. The quantitative estimate of drug-likeness (QED) is 0.216. The summed E-state index contributed by atoms with van der Waals surface area (Å²) in [7, 11) is -4.49. The molecule has 3 aromatic carbocycles. The molecule has 0 radical (unpaired) electrons. The number of nitrogens with zero attached hydrogens (tertiary/aromatic N) is 2. The molecule has 0 fully saturated rings. The van der Waals surface area contributed by atoms with Crippen LogP contribution in [0.4, 0.5) is 18.9 Å². The highest BCUT2D eigenvalue weighted by Crippen LogP contribution is 2.37. The summed E-state index contributed by atoms with van der Waals surface area (Å²) >= 11 is 0. The zero-order valence-corrected chi connectivity index (χ0v) is 23.9. The number of rotatable bonds is 10. The second kappa shape index (κ2) is 12.9. The smallest absolute Gasteiger partial charge is 0.489 e. The topological polar surface area (TPSA) is 134 Å². The number of aryl methyl sites for hydroxylation is 1. The minimum Gasteiger partial charge on any atom is -0.489 e. The summed E-state index contributed by atoms with van der Waals surface area (Å²) < 4.78 is 78.6. The van der Waals surface area contributed by atoms with Gasteiger partial charge in [0.1, 0.15) is 16.7 Å². The van der Waals surface area contributed by atoms with Crippen molar-refractivity contribution < 1.29 is 36.2 Å². The van der Waals surface area contributed by atoms with Gasteiger partial charge in [0.15, 0.2) is 5.75 Å². The Labute approximate surface area is 252 Å². The molecule has 3 N–H and O–H groups in total. The van der Waals surface area contributed by atoms with Gasteiger partial charge in [0.05, 0.1) is 17.7 Å². The SMILES string of the molecule is N#Cc1ccc(NS(=O)(=O)c2ccc(-c3ccc4c(c3)CC[C@H](CNC[C@H](O)c3cccnc3)O4)cc2OC(F)(F)F)cc1. The fourth-order valence-electron chi connectivity index (χ4n) is 4.78. The Bertz CT molecular complexity index is 1760. The fraction of sp³-hybridized carbons (Fsp3) is 0.226. The second-order valence-corrected chi connectivity index (χ2v) is 11.7. The van der Waals surface area contributed by atoms with E-state index in [-0.39, 0.29) is 17.4 Å². The summed E-state index contributed by atoms with van der Waals surface area (Å²) in [5.74, 6) is -0.248. The average molecular weight is 625 g/mol. The first kappa shape index (κ1) is 30.8. The maximum absolute atomic E-state index is 13.3. The lowest BCUT2D eigenvalue weighted by Gasteiger charge is -2.27. The minimum atomic E-state index is -5.14. The van der Waals surface area contributed by atoms with Gasteiger partial charge in [-0.25, -0.2) is 8.42 Å². The van der Waals surface area contributed by atoms with E-state index in [0.29, 0.717) is 48.4 Å². The predicted molar refractivity (Wildman–Crippen MR) is 155 cm³/mol. The van der Waals surface area contributed by atoms with Gasteiger partial charge in [-0.2, -0.15) is 5.26 Å². The van der Waals surface area contributed by atoms with Crippen LogP contribution in [-0.2, 0) is 16.4 Å². The third-order valence-electron chi connectivity index (χ3n) is 6.93. The molecule has 9 nitrogen and oxygen atoms in total. The Morgan fingerprint density at radius 3 is 2.55 bits per heavy atom. The number of anilines is 1. The first-order valence-corrected chi connectivity index (χ1v) is 15.0. The van der Waals surface area contributed by atoms with Crippen LogP contribution in [0.15, 0.2) is 90.1 Å². The number of fused-ring (bicyclic) bond motifs is 1. The number of nitriles is 1. The average Bonchev–Trinajstić information content (AvgIpc) is 3.00. The van der Waals surface area contributed by atoms with E-state index in [1.807, 2.05) is 6.07 Å². The molecule has 0 amide bonds. The first-order chi connectivity index (χ1) is 21.0. The molecule has 2 heterocycles. The number of hydrogen-bond acceptors (Lipinski definition) is 8. The molecule has 4 aromatic rings. The van der Waals surface area contributed by atoms with Gasteiger partial charge < -0.3 is 19.9 Å². The van der Waals surface area contributed by atoms with Crippen molar-refractivity contribution in [3.05, 3.63) is 102 Å². The number of aliphatic hydroxyl groups excluding tert-OH is 1. The van der Waals surface area contributed by atoms with E-state index in [4.69, 9.17) is 10.00 Å². The Morgan fingerprint density at radius 2 is 1.84 bits per heavy atom. The van der Waals surface area contributed by atoms with Gasteiger partial charge in [0, 0.05) is 36.7 Å². The monoisotopic (exact) mass is 624 g/mol. The van der Waals surface area contributed by atoms with Crippen molar-refractivity contribution >= 4 is 15.7 Å². The Morgan fingerprint density at radius 1 is 1.09 bits per heavy atom. The molecule has 44 heavy (non-hydrogen) atoms. The van der Waals surface area contributed by atoms with E-state index in [0.717, 1.165) is 17.7 Å². The molecule has 1 aromatic heterocycles. The van der Waals surface area contributed by atoms with Gasteiger partial charge in [-0.1, -0.05) is 18.2 Å². The standard InChI is InChI=1S/C31H27F3N4O5S/c32-31(33,34)43-29-15-22(7-12-30(29)44(40,41)38-25-8-3-20(16-35)4-9-25)21-6-11-28-23(14-21)5-10-26(42-28)18-37-19-27(39)24-2-1-13-36-17-24/h1-4,6-9,11-15,17,26-27,37-39H,5,10,18-19H2/t26-,27+/m1/s1. The number of halogens is 3. The second-order valence-electron chi connectivity index (χ2n) is 10.1. The van der Waals surface area contributed by atoms with E-state index in [9.17, 15) is 26.7 Å². The van der Waals surface area contributed by atoms with E-state index < -0.39 is 33.1 Å². The molecule has 0 aliphatic carbocycles. The van der Waals surface area contributed by atoms with Gasteiger partial charge >= 0.3 is 6.36 Å². The molecule has 0 saturated heterocycles. The van der Waals surface area contributed by atoms with E-state index in [1.54, 1.807) is 42.7 Å². The molecule has 228 valence electrons. The van der Waals surface area contributed by atoms with Crippen molar-refractivity contribution in [2.24, 2.45) is 0 Å². The number of aromatic nitrogens is 1. The molecule has 0 unspecified atom stereocenters. The Hall–Kier alpha value is -4.64. The first-order valence-electron chi connectivity index (χ1n) is 13.5. The summed E-state index contributed by atoms with van der Waals surface area (Å²) in [5.41, 5.74) is 2.79. The highest BCUT2D eigenvalue weighted by atomic mass is 32.2. The summed E-state index contributed by atoms with van der Waals surface area (Å²) in [6.07, 6.45) is -1.43. The third kappa shape index (κ3) is 7.65. The van der Waals surface area contributed by atoms with Crippen molar-refractivity contribution in [1.82, 2.24) is 10.3 Å². The van der Waals surface area contributed by atoms with Crippen LogP contribution in [0.25, 0.3) is 11.1 Å². The van der Waals surface area contributed by atoms with Crippen molar-refractivity contribution in [2.45, 2.75) is 36.3 Å². The minimum absolute atomic E-state index is 0.0684. The van der Waals surface area contributed by atoms with Crippen molar-refractivity contribution in [1.29, 1.82) is 5.26 Å². The van der Waals surface area contributed by atoms with Crippen LogP contribution in [0.3, 0.4) is 0 Å². The summed E-state index contributed by atoms with van der Waals surface area (Å²) in [6.45, 7) is 0.831. The molecule has 2 atom stereocenters. The molecule has 1 aliphatic heterocycles. The summed E-state index contributed by atoms with van der Waals surface area (Å²) in [6, 6.07) is 19.6. The molecule has 0 bridgehead atoms. The maximum Gasteiger partial charge on any atom is 0.573 e. The van der Waals surface area contributed by atoms with Crippen molar-refractivity contribution in [3.63, 3.8) is 0 Å². The van der Waals surface area contributed by atoms with E-state index in [1.165, 1.54) is 30.3 Å². The zero-order chi connectivity index (χ0) is 31.3. The van der Waals surface area contributed by atoms with Crippen LogP contribution in [-0.4, -0.2) is 44.1 Å². The molecule has 13 heteroatoms. The lowest BCUT2D eigenvalue weighted by Crippen LogP contribution is -2.36. The number of hydrogen-bond donors (Lipinski definition) is 3. The molecule has 5 rings (SSSR count). The van der Waals surface area contributed by atoms with Crippen LogP contribution >= 0.6 is 0 Å². The van der Waals surface area contributed by atoms with Crippen LogP contribution in [0, 0.1) is 11.3 Å². The number of benzene rings is 3. The lowest BCUT2D eigenvalue weighted by molar-refractivity contribution is -0.275. The molecule has 0 spiro atoms. The Balaban J connectivity index is 1.30. The van der Waals surface area contributed by atoms with E-state index in [2.05, 4.69) is 19.8 Å². The largest absolute Gasteiger partial charge is 0.573 e. The summed E-state index contributed by atoms with van der Waals surface area (Å²) in [5, 5.41) is 22.5. The molecular weight excluding hydrogens is 597 g/mol. The van der Waals surface area contributed by atoms with Gasteiger partial charge in [-0.05, 0) is 84.1 Å². The van der Waals surface area contributed by atoms with Crippen molar-refractivity contribution in [2.75, 3.05) is 17.8 Å². The van der Waals surface area contributed by atoms with Crippen molar-refractivity contribution in [3.8, 4) is 28.7 Å². The zero-order valence-electron chi connectivity index (χ0n) is 23.1. The van der Waals surface area contributed by atoms with Crippen LogP contribution in [0.1, 0.15) is 29.2 Å². The number of aliphatic hydroxyl groups is 1. The number of alkyl halides is 3. The van der Waals surface area contributed by atoms with Crippen LogP contribution in [0.2, 0.25) is 0 Å². The molecule has 0 saturated carbocycles. The van der Waals surface area contributed by atoms with Gasteiger partial charge in [-0.3, -0.25) is 9.71 Å². The van der Waals surface area contributed by atoms with Crippen LogP contribution < -0.4 is 19.5 Å². The normalized spacial score (nSPS) is 15.4. The summed E-state index contributed by atoms with van der Waals surface area (Å²) in [4.78, 5) is 3.31. The lowest BCUT2D eigenvalue weighted by atomic mass is 9.97. The predicted octanol–water partition coefficient (Wildman–Crippen LogP) is 5.34. The highest BCUT2D eigenvalue weighted by Gasteiger charge is 2.34. The van der Waals surface area contributed by atoms with Gasteiger partial charge in [-0.15, -0.1) is 13.2 Å². The third-order valence-corrected chi connectivity index (χ3v) is 8.35. The molecular formula is C31H27F3N4O5S. The van der Waals surface area contributed by atoms with Gasteiger partial charge in [0.2, 0.25) is 0 Å². The highest BCUT2D eigenvalue weighted by molar-refractivity contribution is 7.92. The fourth-order valence-corrected chi connectivity index (χ4v) is 5.95.